The Balaban J connectivity index is 1.56. The molecule has 0 saturated carbocycles. The van der Waals surface area contributed by atoms with Crippen LogP contribution >= 0.6 is 11.6 Å². The van der Waals surface area contributed by atoms with Crippen LogP contribution in [0.5, 0.6) is 0 Å². The van der Waals surface area contributed by atoms with E-state index < -0.39 is 0 Å². The van der Waals surface area contributed by atoms with E-state index in [0.29, 0.717) is 17.3 Å². The molecule has 5 nitrogen and oxygen atoms in total. The van der Waals surface area contributed by atoms with Gasteiger partial charge in [-0.05, 0) is 36.6 Å². The van der Waals surface area contributed by atoms with E-state index >= 15 is 0 Å². The summed E-state index contributed by atoms with van der Waals surface area (Å²) < 4.78 is 0. The van der Waals surface area contributed by atoms with Gasteiger partial charge in [-0.1, -0.05) is 17.7 Å². The SMILES string of the molecule is O=C(NCc1ccc(N2CCCC2)nc1)c1ccc(Cl)nc1. The van der Waals surface area contributed by atoms with Gasteiger partial charge in [-0.15, -0.1) is 0 Å². The number of anilines is 1. The zero-order valence-corrected chi connectivity index (χ0v) is 12.9. The average molecular weight is 317 g/mol. The van der Waals surface area contributed by atoms with Crippen molar-refractivity contribution in [2.45, 2.75) is 19.4 Å². The maximum Gasteiger partial charge on any atom is 0.253 e. The first-order valence-electron chi connectivity index (χ1n) is 7.32. The number of carbonyl (C=O) groups is 1. The smallest absolute Gasteiger partial charge is 0.253 e. The van der Waals surface area contributed by atoms with Crippen LogP contribution in [0.25, 0.3) is 0 Å². The van der Waals surface area contributed by atoms with Crippen molar-refractivity contribution >= 4 is 23.3 Å². The fraction of sp³-hybridized carbons (Fsp3) is 0.312. The van der Waals surface area contributed by atoms with Gasteiger partial charge in [0.25, 0.3) is 5.91 Å². The fourth-order valence-corrected chi connectivity index (χ4v) is 2.56. The molecule has 1 aliphatic heterocycles. The van der Waals surface area contributed by atoms with E-state index in [9.17, 15) is 4.79 Å². The Morgan fingerprint density at radius 2 is 1.95 bits per heavy atom. The topological polar surface area (TPSA) is 58.1 Å². The van der Waals surface area contributed by atoms with Crippen molar-refractivity contribution in [3.05, 3.63) is 52.9 Å². The van der Waals surface area contributed by atoms with Gasteiger partial charge in [-0.3, -0.25) is 4.79 Å². The Morgan fingerprint density at radius 3 is 2.59 bits per heavy atom. The Bertz CT molecular complexity index is 636. The second kappa shape index (κ2) is 6.75. The first-order chi connectivity index (χ1) is 10.7. The van der Waals surface area contributed by atoms with Crippen LogP contribution in [0.1, 0.15) is 28.8 Å². The molecule has 2 aromatic heterocycles. The molecule has 3 rings (SSSR count). The highest BCUT2D eigenvalue weighted by atomic mass is 35.5. The number of nitrogens with zero attached hydrogens (tertiary/aromatic N) is 3. The van der Waals surface area contributed by atoms with Crippen molar-refractivity contribution in [3.63, 3.8) is 0 Å². The van der Waals surface area contributed by atoms with Gasteiger partial charge >= 0.3 is 0 Å². The van der Waals surface area contributed by atoms with Gasteiger partial charge in [-0.2, -0.15) is 0 Å². The summed E-state index contributed by atoms with van der Waals surface area (Å²) in [6.07, 6.45) is 5.74. The molecule has 0 aromatic carbocycles. The van der Waals surface area contributed by atoms with Crippen LogP contribution in [-0.2, 0) is 6.54 Å². The van der Waals surface area contributed by atoms with Crippen LogP contribution in [0.4, 0.5) is 5.82 Å². The first-order valence-corrected chi connectivity index (χ1v) is 7.70. The quantitative estimate of drug-likeness (QED) is 0.881. The number of hydrogen-bond acceptors (Lipinski definition) is 4. The highest BCUT2D eigenvalue weighted by molar-refractivity contribution is 6.29. The van der Waals surface area contributed by atoms with Gasteiger partial charge in [0.2, 0.25) is 0 Å². The lowest BCUT2D eigenvalue weighted by molar-refractivity contribution is 0.0950. The van der Waals surface area contributed by atoms with Crippen LogP contribution in [0.15, 0.2) is 36.7 Å². The Kier molecular flexibility index (Phi) is 4.53. The number of carbonyl (C=O) groups excluding carboxylic acids is 1. The van der Waals surface area contributed by atoms with Gasteiger partial charge in [0.05, 0.1) is 5.56 Å². The number of hydrogen-bond donors (Lipinski definition) is 1. The molecule has 6 heteroatoms. The maximum atomic E-state index is 12.0. The third-order valence-electron chi connectivity index (χ3n) is 3.68. The molecule has 0 unspecified atom stereocenters. The molecule has 2 aromatic rings. The van der Waals surface area contributed by atoms with Crippen LogP contribution in [0, 0.1) is 0 Å². The zero-order chi connectivity index (χ0) is 15.4. The van der Waals surface area contributed by atoms with Gasteiger partial charge < -0.3 is 10.2 Å². The molecule has 1 fully saturated rings. The first kappa shape index (κ1) is 14.8. The molecule has 1 aliphatic rings. The van der Waals surface area contributed by atoms with Crippen molar-refractivity contribution in [1.29, 1.82) is 0 Å². The minimum atomic E-state index is -0.173. The monoisotopic (exact) mass is 316 g/mol. The summed E-state index contributed by atoms with van der Waals surface area (Å²) in [4.78, 5) is 22.6. The van der Waals surface area contributed by atoms with E-state index in [1.807, 2.05) is 18.3 Å². The molecule has 1 N–H and O–H groups in total. The van der Waals surface area contributed by atoms with Crippen molar-refractivity contribution < 1.29 is 4.79 Å². The molecule has 3 heterocycles. The van der Waals surface area contributed by atoms with Crippen LogP contribution in [0.3, 0.4) is 0 Å². The second-order valence-corrected chi connectivity index (χ2v) is 5.66. The largest absolute Gasteiger partial charge is 0.357 e. The summed E-state index contributed by atoms with van der Waals surface area (Å²) in [7, 11) is 0. The van der Waals surface area contributed by atoms with E-state index in [0.717, 1.165) is 24.5 Å². The predicted molar refractivity (Wildman–Crippen MR) is 86.1 cm³/mol. The van der Waals surface area contributed by atoms with Crippen molar-refractivity contribution in [2.75, 3.05) is 18.0 Å². The second-order valence-electron chi connectivity index (χ2n) is 5.27. The lowest BCUT2D eigenvalue weighted by Gasteiger charge is -2.16. The summed E-state index contributed by atoms with van der Waals surface area (Å²) in [6.45, 7) is 2.59. The van der Waals surface area contributed by atoms with Crippen LogP contribution in [0.2, 0.25) is 5.15 Å². The highest BCUT2D eigenvalue weighted by Gasteiger charge is 2.13. The highest BCUT2D eigenvalue weighted by Crippen LogP contribution is 2.17. The van der Waals surface area contributed by atoms with Crippen molar-refractivity contribution in [1.82, 2.24) is 15.3 Å². The summed E-state index contributed by atoms with van der Waals surface area (Å²) in [5.41, 5.74) is 1.46. The van der Waals surface area contributed by atoms with E-state index in [-0.39, 0.29) is 5.91 Å². The van der Waals surface area contributed by atoms with Crippen LogP contribution in [-0.4, -0.2) is 29.0 Å². The van der Waals surface area contributed by atoms with Crippen molar-refractivity contribution in [3.8, 4) is 0 Å². The van der Waals surface area contributed by atoms with E-state index in [4.69, 9.17) is 11.6 Å². The molecule has 0 bridgehead atoms. The Hall–Kier alpha value is -2.14. The molecule has 1 saturated heterocycles. The average Bonchev–Trinajstić information content (AvgIpc) is 3.08. The minimum absolute atomic E-state index is 0.173. The number of nitrogens with one attached hydrogen (secondary N) is 1. The number of aromatic nitrogens is 2. The van der Waals surface area contributed by atoms with Gasteiger partial charge in [0, 0.05) is 32.0 Å². The van der Waals surface area contributed by atoms with Crippen LogP contribution < -0.4 is 10.2 Å². The molecule has 0 atom stereocenters. The fourth-order valence-electron chi connectivity index (χ4n) is 2.45. The van der Waals surface area contributed by atoms with Gasteiger partial charge in [-0.25, -0.2) is 9.97 Å². The molecule has 22 heavy (non-hydrogen) atoms. The zero-order valence-electron chi connectivity index (χ0n) is 12.1. The third-order valence-corrected chi connectivity index (χ3v) is 3.91. The van der Waals surface area contributed by atoms with Crippen molar-refractivity contribution in [2.24, 2.45) is 0 Å². The lowest BCUT2D eigenvalue weighted by atomic mass is 10.2. The summed E-state index contributed by atoms with van der Waals surface area (Å²) in [5.74, 6) is 0.835. The molecular formula is C16H17ClN4O. The van der Waals surface area contributed by atoms with E-state index in [1.165, 1.54) is 19.0 Å². The number of halogens is 1. The molecule has 114 valence electrons. The van der Waals surface area contributed by atoms with E-state index in [2.05, 4.69) is 20.2 Å². The molecular weight excluding hydrogens is 300 g/mol. The maximum absolute atomic E-state index is 12.0. The lowest BCUT2D eigenvalue weighted by Crippen LogP contribution is -2.23. The molecule has 1 amide bonds. The predicted octanol–water partition coefficient (Wildman–Crippen LogP) is 2.66. The molecule has 0 spiro atoms. The van der Waals surface area contributed by atoms with Gasteiger partial charge in [0.15, 0.2) is 0 Å². The minimum Gasteiger partial charge on any atom is -0.357 e. The summed E-state index contributed by atoms with van der Waals surface area (Å²) >= 11 is 5.70. The molecule has 0 radical (unpaired) electrons. The number of rotatable bonds is 4. The van der Waals surface area contributed by atoms with E-state index in [1.54, 1.807) is 12.1 Å². The Labute approximate surface area is 134 Å². The normalized spacial score (nSPS) is 14.1. The standard InChI is InChI=1S/C16H17ClN4O/c17-14-5-4-13(11-18-14)16(22)20-10-12-3-6-15(19-9-12)21-7-1-2-8-21/h3-6,9,11H,1-2,7-8,10H2,(H,20,22). The Morgan fingerprint density at radius 1 is 1.14 bits per heavy atom. The number of pyridine rings is 2. The summed E-state index contributed by atoms with van der Waals surface area (Å²) in [5, 5.41) is 3.22. The third kappa shape index (κ3) is 3.54. The number of amides is 1. The molecule has 0 aliphatic carbocycles. The summed E-state index contributed by atoms with van der Waals surface area (Å²) in [6, 6.07) is 7.26. The van der Waals surface area contributed by atoms with Gasteiger partial charge in [0.1, 0.15) is 11.0 Å².